The molecule has 0 aliphatic carbocycles. The van der Waals surface area contributed by atoms with Gasteiger partial charge in [0.25, 0.3) is 0 Å². The predicted octanol–water partition coefficient (Wildman–Crippen LogP) is 2.32. The van der Waals surface area contributed by atoms with Gasteiger partial charge in [0, 0.05) is 37.2 Å². The summed E-state index contributed by atoms with van der Waals surface area (Å²) in [6.07, 6.45) is 1.22. The van der Waals surface area contributed by atoms with Crippen molar-refractivity contribution in [2.24, 2.45) is 5.73 Å². The van der Waals surface area contributed by atoms with E-state index in [1.165, 1.54) is 18.5 Å². The van der Waals surface area contributed by atoms with Crippen molar-refractivity contribution in [2.45, 2.75) is 32.5 Å². The van der Waals surface area contributed by atoms with Gasteiger partial charge in [-0.25, -0.2) is 0 Å². The molecule has 19 heavy (non-hydrogen) atoms. The van der Waals surface area contributed by atoms with Crippen molar-refractivity contribution in [1.82, 2.24) is 9.80 Å². The van der Waals surface area contributed by atoms with Crippen LogP contribution in [0.4, 0.5) is 0 Å². The topological polar surface area (TPSA) is 32.5 Å². The highest BCUT2D eigenvalue weighted by Crippen LogP contribution is 2.21. The molecular weight excluding hydrogens is 258 g/mol. The van der Waals surface area contributed by atoms with E-state index in [2.05, 4.69) is 35.9 Å². The van der Waals surface area contributed by atoms with E-state index in [0.29, 0.717) is 12.6 Å². The Labute approximate surface area is 121 Å². The molecule has 1 heterocycles. The summed E-state index contributed by atoms with van der Waals surface area (Å²) in [6, 6.07) is 6.76. The first-order valence-electron chi connectivity index (χ1n) is 7.00. The van der Waals surface area contributed by atoms with Crippen molar-refractivity contribution < 1.29 is 0 Å². The molecule has 0 radical (unpaired) electrons. The molecule has 1 saturated heterocycles. The quantitative estimate of drug-likeness (QED) is 0.923. The summed E-state index contributed by atoms with van der Waals surface area (Å²) in [6.45, 7) is 7.22. The Morgan fingerprint density at radius 3 is 2.84 bits per heavy atom. The van der Waals surface area contributed by atoms with Crippen LogP contribution in [0.2, 0.25) is 5.02 Å². The van der Waals surface area contributed by atoms with E-state index >= 15 is 0 Å². The second-order valence-corrected chi connectivity index (χ2v) is 5.97. The maximum Gasteiger partial charge on any atom is 0.0454 e. The molecule has 2 rings (SSSR count). The van der Waals surface area contributed by atoms with Crippen molar-refractivity contribution in [3.05, 3.63) is 34.3 Å². The minimum Gasteiger partial charge on any atom is -0.326 e. The van der Waals surface area contributed by atoms with Crippen LogP contribution >= 0.6 is 11.6 Å². The molecule has 1 aliphatic heterocycles. The van der Waals surface area contributed by atoms with E-state index < -0.39 is 0 Å². The maximum absolute atomic E-state index is 6.35. The lowest BCUT2D eigenvalue weighted by Crippen LogP contribution is -2.37. The molecule has 4 heteroatoms. The molecule has 1 aromatic carbocycles. The number of halogens is 1. The van der Waals surface area contributed by atoms with Crippen molar-refractivity contribution in [1.29, 1.82) is 0 Å². The number of hydrogen-bond donors (Lipinski definition) is 1. The SMILES string of the molecule is CC1CN(C)CCCN1Cc1ccc(CN)cc1Cl. The van der Waals surface area contributed by atoms with Gasteiger partial charge in [-0.3, -0.25) is 4.90 Å². The monoisotopic (exact) mass is 281 g/mol. The summed E-state index contributed by atoms with van der Waals surface area (Å²) in [5.74, 6) is 0. The van der Waals surface area contributed by atoms with Gasteiger partial charge >= 0.3 is 0 Å². The first-order valence-corrected chi connectivity index (χ1v) is 7.38. The number of hydrogen-bond acceptors (Lipinski definition) is 3. The number of nitrogens with two attached hydrogens (primary N) is 1. The van der Waals surface area contributed by atoms with Crippen LogP contribution < -0.4 is 5.73 Å². The third-order valence-electron chi connectivity index (χ3n) is 3.91. The summed E-state index contributed by atoms with van der Waals surface area (Å²) in [5.41, 5.74) is 7.94. The Hall–Kier alpha value is -0.610. The Kier molecular flexibility index (Phi) is 5.22. The second kappa shape index (κ2) is 6.71. The van der Waals surface area contributed by atoms with Crippen LogP contribution in [0.1, 0.15) is 24.5 Å². The van der Waals surface area contributed by atoms with Gasteiger partial charge in [0.15, 0.2) is 0 Å². The summed E-state index contributed by atoms with van der Waals surface area (Å²) in [5, 5.41) is 0.841. The zero-order chi connectivity index (χ0) is 13.8. The number of likely N-dealkylation sites (N-methyl/N-ethyl adjacent to an activating group) is 1. The summed E-state index contributed by atoms with van der Waals surface area (Å²) < 4.78 is 0. The molecule has 1 aliphatic rings. The highest BCUT2D eigenvalue weighted by Gasteiger charge is 2.20. The summed E-state index contributed by atoms with van der Waals surface area (Å²) in [4.78, 5) is 4.93. The molecule has 3 nitrogen and oxygen atoms in total. The first-order chi connectivity index (χ1) is 9.10. The predicted molar refractivity (Wildman–Crippen MR) is 81.3 cm³/mol. The van der Waals surface area contributed by atoms with E-state index in [1.54, 1.807) is 0 Å². The van der Waals surface area contributed by atoms with Crippen molar-refractivity contribution in [3.8, 4) is 0 Å². The normalized spacial score (nSPS) is 22.4. The van der Waals surface area contributed by atoms with Crippen LogP contribution in [0.25, 0.3) is 0 Å². The molecule has 0 bridgehead atoms. The van der Waals surface area contributed by atoms with Crippen LogP contribution in [-0.4, -0.2) is 42.5 Å². The third kappa shape index (κ3) is 3.93. The summed E-state index contributed by atoms with van der Waals surface area (Å²) >= 11 is 6.35. The Morgan fingerprint density at radius 1 is 1.37 bits per heavy atom. The first kappa shape index (κ1) is 14.8. The highest BCUT2D eigenvalue weighted by atomic mass is 35.5. The zero-order valence-electron chi connectivity index (χ0n) is 11.9. The highest BCUT2D eigenvalue weighted by molar-refractivity contribution is 6.31. The second-order valence-electron chi connectivity index (χ2n) is 5.57. The van der Waals surface area contributed by atoms with Gasteiger partial charge in [0.2, 0.25) is 0 Å². The molecule has 1 unspecified atom stereocenters. The van der Waals surface area contributed by atoms with Crippen LogP contribution in [0.5, 0.6) is 0 Å². The lowest BCUT2D eigenvalue weighted by Gasteiger charge is -2.28. The van der Waals surface area contributed by atoms with Gasteiger partial charge in [-0.2, -0.15) is 0 Å². The zero-order valence-corrected chi connectivity index (χ0v) is 12.7. The fraction of sp³-hybridized carbons (Fsp3) is 0.600. The number of benzene rings is 1. The molecule has 106 valence electrons. The Morgan fingerprint density at radius 2 is 2.16 bits per heavy atom. The number of nitrogens with zero attached hydrogens (tertiary/aromatic N) is 2. The minimum absolute atomic E-state index is 0.547. The van der Waals surface area contributed by atoms with Crippen LogP contribution in [0.3, 0.4) is 0 Å². The average molecular weight is 282 g/mol. The van der Waals surface area contributed by atoms with Crippen LogP contribution in [-0.2, 0) is 13.1 Å². The van der Waals surface area contributed by atoms with Gasteiger partial charge in [0.05, 0.1) is 0 Å². The van der Waals surface area contributed by atoms with Crippen molar-refractivity contribution in [3.63, 3.8) is 0 Å². The van der Waals surface area contributed by atoms with Gasteiger partial charge in [-0.05, 0) is 44.1 Å². The molecule has 1 atom stereocenters. The van der Waals surface area contributed by atoms with Crippen molar-refractivity contribution in [2.75, 3.05) is 26.7 Å². The largest absolute Gasteiger partial charge is 0.326 e. The fourth-order valence-electron chi connectivity index (χ4n) is 2.72. The van der Waals surface area contributed by atoms with Gasteiger partial charge in [0.1, 0.15) is 0 Å². The molecule has 1 fully saturated rings. The molecule has 2 N–H and O–H groups in total. The lowest BCUT2D eigenvalue weighted by atomic mass is 10.1. The van der Waals surface area contributed by atoms with Crippen molar-refractivity contribution >= 4 is 11.6 Å². The Bertz CT molecular complexity index is 422. The Balaban J connectivity index is 2.07. The standard InChI is InChI=1S/C15H24ClN3/c1-12-10-18(2)6-3-7-19(12)11-14-5-4-13(9-17)8-15(14)16/h4-5,8,12H,3,6-7,9-11,17H2,1-2H3. The molecule has 0 spiro atoms. The van der Waals surface area contributed by atoms with Gasteiger partial charge in [-0.1, -0.05) is 23.7 Å². The van der Waals surface area contributed by atoms with Crippen LogP contribution in [0.15, 0.2) is 18.2 Å². The maximum atomic E-state index is 6.35. The van der Waals surface area contributed by atoms with E-state index in [4.69, 9.17) is 17.3 Å². The molecule has 0 aromatic heterocycles. The molecule has 1 aromatic rings. The fourth-order valence-corrected chi connectivity index (χ4v) is 2.98. The smallest absolute Gasteiger partial charge is 0.0454 e. The number of rotatable bonds is 3. The van der Waals surface area contributed by atoms with E-state index in [1.807, 2.05) is 6.07 Å². The summed E-state index contributed by atoms with van der Waals surface area (Å²) in [7, 11) is 2.20. The molecular formula is C15H24ClN3. The van der Waals surface area contributed by atoms with E-state index in [0.717, 1.165) is 30.2 Å². The van der Waals surface area contributed by atoms with Gasteiger partial charge in [-0.15, -0.1) is 0 Å². The molecule has 0 saturated carbocycles. The molecule has 0 amide bonds. The lowest BCUT2D eigenvalue weighted by molar-refractivity contribution is 0.194. The average Bonchev–Trinajstić information content (AvgIpc) is 2.53. The van der Waals surface area contributed by atoms with Crippen LogP contribution in [0, 0.1) is 0 Å². The van der Waals surface area contributed by atoms with Gasteiger partial charge < -0.3 is 10.6 Å². The van der Waals surface area contributed by atoms with E-state index in [9.17, 15) is 0 Å². The van der Waals surface area contributed by atoms with E-state index in [-0.39, 0.29) is 0 Å². The third-order valence-corrected chi connectivity index (χ3v) is 4.26. The minimum atomic E-state index is 0.547.